The summed E-state index contributed by atoms with van der Waals surface area (Å²) in [6, 6.07) is 0.191. The highest BCUT2D eigenvalue weighted by Crippen LogP contribution is 2.19. The molecule has 5 nitrogen and oxygen atoms in total. The zero-order valence-electron chi connectivity index (χ0n) is 10.9. The molecule has 2 N–H and O–H groups in total. The fourth-order valence-electron chi connectivity index (χ4n) is 2.48. The third kappa shape index (κ3) is 2.84. The SMILES string of the molecule is Cc1nn(C)cc1C(=O)N1CCCCC1CN.Cl. The van der Waals surface area contributed by atoms with E-state index < -0.39 is 0 Å². The summed E-state index contributed by atoms with van der Waals surface area (Å²) in [5.74, 6) is 0.0748. The normalized spacial score (nSPS) is 19.5. The number of amides is 1. The van der Waals surface area contributed by atoms with E-state index in [4.69, 9.17) is 5.73 Å². The third-order valence-electron chi connectivity index (χ3n) is 3.40. The topological polar surface area (TPSA) is 64.2 Å². The van der Waals surface area contributed by atoms with E-state index in [1.807, 2.05) is 18.9 Å². The predicted molar refractivity (Wildman–Crippen MR) is 72.9 cm³/mol. The molecule has 102 valence electrons. The molecule has 18 heavy (non-hydrogen) atoms. The number of nitrogens with two attached hydrogens (primary N) is 1. The summed E-state index contributed by atoms with van der Waals surface area (Å²) in [6.45, 7) is 3.23. The number of piperidine rings is 1. The Morgan fingerprint density at radius 1 is 1.56 bits per heavy atom. The van der Waals surface area contributed by atoms with Crippen LogP contribution in [0, 0.1) is 6.92 Å². The van der Waals surface area contributed by atoms with Gasteiger partial charge in [-0.2, -0.15) is 5.10 Å². The standard InChI is InChI=1S/C12H20N4O.ClH/c1-9-11(8-15(2)14-9)12(17)16-6-4-3-5-10(16)7-13;/h8,10H,3-7,13H2,1-2H3;1H. The fraction of sp³-hybridized carbons (Fsp3) is 0.667. The lowest BCUT2D eigenvalue weighted by Gasteiger charge is -2.34. The van der Waals surface area contributed by atoms with Crippen molar-refractivity contribution in [3.63, 3.8) is 0 Å². The number of aromatic nitrogens is 2. The van der Waals surface area contributed by atoms with Gasteiger partial charge in [0, 0.05) is 32.4 Å². The van der Waals surface area contributed by atoms with Gasteiger partial charge >= 0.3 is 0 Å². The molecule has 1 unspecified atom stereocenters. The molecule has 0 saturated carbocycles. The molecule has 0 aromatic carbocycles. The Morgan fingerprint density at radius 3 is 2.83 bits per heavy atom. The van der Waals surface area contributed by atoms with Crippen molar-refractivity contribution in [2.45, 2.75) is 32.2 Å². The summed E-state index contributed by atoms with van der Waals surface area (Å²) < 4.78 is 1.68. The monoisotopic (exact) mass is 272 g/mol. The van der Waals surface area contributed by atoms with Gasteiger partial charge in [0.25, 0.3) is 5.91 Å². The van der Waals surface area contributed by atoms with Crippen molar-refractivity contribution in [2.24, 2.45) is 12.8 Å². The minimum atomic E-state index is 0. The van der Waals surface area contributed by atoms with E-state index >= 15 is 0 Å². The van der Waals surface area contributed by atoms with E-state index in [-0.39, 0.29) is 24.4 Å². The number of nitrogens with zero attached hydrogens (tertiary/aromatic N) is 3. The molecule has 1 aliphatic heterocycles. The van der Waals surface area contributed by atoms with E-state index in [0.29, 0.717) is 12.1 Å². The number of hydrogen-bond acceptors (Lipinski definition) is 3. The molecule has 0 bridgehead atoms. The van der Waals surface area contributed by atoms with Crippen molar-refractivity contribution < 1.29 is 4.79 Å². The van der Waals surface area contributed by atoms with Crippen LogP contribution in [0.2, 0.25) is 0 Å². The molecule has 1 atom stereocenters. The average Bonchev–Trinajstić information content (AvgIpc) is 2.67. The molecule has 2 heterocycles. The van der Waals surface area contributed by atoms with Crippen LogP contribution in [0.4, 0.5) is 0 Å². The van der Waals surface area contributed by atoms with Crippen LogP contribution in [0.3, 0.4) is 0 Å². The van der Waals surface area contributed by atoms with Crippen molar-refractivity contribution in [3.8, 4) is 0 Å². The summed E-state index contributed by atoms with van der Waals surface area (Å²) in [6.07, 6.45) is 5.04. The van der Waals surface area contributed by atoms with E-state index in [0.717, 1.165) is 31.5 Å². The molecule has 1 saturated heterocycles. The van der Waals surface area contributed by atoms with Gasteiger partial charge in [0.1, 0.15) is 0 Å². The van der Waals surface area contributed by atoms with Gasteiger partial charge in [-0.15, -0.1) is 12.4 Å². The Hall–Kier alpha value is -1.07. The molecule has 2 rings (SSSR count). The molecule has 1 fully saturated rings. The fourth-order valence-corrected chi connectivity index (χ4v) is 2.48. The highest BCUT2D eigenvalue weighted by atomic mass is 35.5. The van der Waals surface area contributed by atoms with Crippen LogP contribution in [0.5, 0.6) is 0 Å². The maximum atomic E-state index is 12.4. The van der Waals surface area contributed by atoms with Gasteiger partial charge in [0.05, 0.1) is 11.3 Å². The van der Waals surface area contributed by atoms with Gasteiger partial charge < -0.3 is 10.6 Å². The maximum absolute atomic E-state index is 12.4. The molecule has 0 radical (unpaired) electrons. The molecule has 1 aromatic heterocycles. The number of likely N-dealkylation sites (tertiary alicyclic amines) is 1. The van der Waals surface area contributed by atoms with Crippen molar-refractivity contribution >= 4 is 18.3 Å². The number of aryl methyl sites for hydroxylation is 2. The first-order valence-corrected chi connectivity index (χ1v) is 6.14. The summed E-state index contributed by atoms with van der Waals surface area (Å²) in [7, 11) is 1.83. The van der Waals surface area contributed by atoms with Crippen LogP contribution < -0.4 is 5.73 Å². The van der Waals surface area contributed by atoms with Gasteiger partial charge in [0.2, 0.25) is 0 Å². The van der Waals surface area contributed by atoms with Crippen LogP contribution in [-0.4, -0.2) is 39.7 Å². The number of carbonyl (C=O) groups is 1. The molecule has 0 aliphatic carbocycles. The lowest BCUT2D eigenvalue weighted by molar-refractivity contribution is 0.0622. The Balaban J connectivity index is 0.00000162. The Morgan fingerprint density at radius 2 is 2.28 bits per heavy atom. The molecule has 1 amide bonds. The second-order valence-electron chi connectivity index (χ2n) is 4.69. The summed E-state index contributed by atoms with van der Waals surface area (Å²) >= 11 is 0. The molecule has 6 heteroatoms. The number of rotatable bonds is 2. The largest absolute Gasteiger partial charge is 0.334 e. The first-order valence-electron chi connectivity index (χ1n) is 6.14. The number of carbonyl (C=O) groups excluding carboxylic acids is 1. The molecule has 1 aromatic rings. The van der Waals surface area contributed by atoms with E-state index in [9.17, 15) is 4.79 Å². The lowest BCUT2D eigenvalue weighted by Crippen LogP contribution is -2.47. The Kier molecular flexibility index (Phi) is 5.16. The predicted octanol–water partition coefficient (Wildman–Crippen LogP) is 1.10. The van der Waals surface area contributed by atoms with Crippen molar-refractivity contribution in [3.05, 3.63) is 17.5 Å². The zero-order valence-corrected chi connectivity index (χ0v) is 11.7. The van der Waals surface area contributed by atoms with Crippen LogP contribution >= 0.6 is 12.4 Å². The minimum Gasteiger partial charge on any atom is -0.334 e. The van der Waals surface area contributed by atoms with Crippen LogP contribution in [-0.2, 0) is 7.05 Å². The summed E-state index contributed by atoms with van der Waals surface area (Å²) in [5.41, 5.74) is 7.23. The van der Waals surface area contributed by atoms with Crippen LogP contribution in [0.25, 0.3) is 0 Å². The minimum absolute atomic E-state index is 0. The first-order chi connectivity index (χ1) is 8.13. The average molecular weight is 273 g/mol. The van der Waals surface area contributed by atoms with E-state index in [1.165, 1.54) is 0 Å². The highest BCUT2D eigenvalue weighted by molar-refractivity contribution is 5.95. The smallest absolute Gasteiger partial charge is 0.257 e. The van der Waals surface area contributed by atoms with Crippen LogP contribution in [0.15, 0.2) is 6.20 Å². The quantitative estimate of drug-likeness (QED) is 0.877. The van der Waals surface area contributed by atoms with Crippen LogP contribution in [0.1, 0.15) is 35.3 Å². The second kappa shape index (κ2) is 6.20. The first kappa shape index (κ1) is 15.0. The third-order valence-corrected chi connectivity index (χ3v) is 3.40. The molecular weight excluding hydrogens is 252 g/mol. The number of hydrogen-bond donors (Lipinski definition) is 1. The molecule has 1 aliphatic rings. The maximum Gasteiger partial charge on any atom is 0.257 e. The van der Waals surface area contributed by atoms with Gasteiger partial charge in [-0.1, -0.05) is 0 Å². The van der Waals surface area contributed by atoms with Crippen molar-refractivity contribution in [1.29, 1.82) is 0 Å². The number of halogens is 1. The van der Waals surface area contributed by atoms with Gasteiger partial charge in [0.15, 0.2) is 0 Å². The van der Waals surface area contributed by atoms with Crippen molar-refractivity contribution in [2.75, 3.05) is 13.1 Å². The zero-order chi connectivity index (χ0) is 12.4. The van der Waals surface area contributed by atoms with E-state index in [1.54, 1.807) is 10.9 Å². The lowest BCUT2D eigenvalue weighted by atomic mass is 10.0. The van der Waals surface area contributed by atoms with E-state index in [2.05, 4.69) is 5.10 Å². The molecular formula is C12H21ClN4O. The Labute approximate surface area is 114 Å². The summed E-state index contributed by atoms with van der Waals surface area (Å²) in [4.78, 5) is 14.3. The van der Waals surface area contributed by atoms with Gasteiger partial charge in [-0.05, 0) is 26.2 Å². The molecule has 0 spiro atoms. The highest BCUT2D eigenvalue weighted by Gasteiger charge is 2.28. The van der Waals surface area contributed by atoms with Crippen molar-refractivity contribution in [1.82, 2.24) is 14.7 Å². The summed E-state index contributed by atoms with van der Waals surface area (Å²) in [5, 5.41) is 4.22. The second-order valence-corrected chi connectivity index (χ2v) is 4.69. The Bertz CT molecular complexity index is 418. The van der Waals surface area contributed by atoms with Gasteiger partial charge in [-0.25, -0.2) is 0 Å². The van der Waals surface area contributed by atoms with Gasteiger partial charge in [-0.3, -0.25) is 9.48 Å².